The number of aliphatic hydroxyl groups excluding tert-OH is 1. The van der Waals surface area contributed by atoms with Gasteiger partial charge < -0.3 is 29.5 Å². The fraction of sp³-hybridized carbons (Fsp3) is 0.448. The summed E-state index contributed by atoms with van der Waals surface area (Å²) >= 11 is 0. The van der Waals surface area contributed by atoms with Crippen molar-refractivity contribution in [1.29, 1.82) is 0 Å². The number of likely N-dealkylation sites (tertiary alicyclic amines) is 1. The van der Waals surface area contributed by atoms with Gasteiger partial charge >= 0.3 is 0 Å². The van der Waals surface area contributed by atoms with Crippen molar-refractivity contribution in [2.75, 3.05) is 40.4 Å². The number of aromatic hydroxyl groups is 1. The molecule has 3 rings (SSSR count). The van der Waals surface area contributed by atoms with E-state index >= 15 is 0 Å². The van der Waals surface area contributed by atoms with Crippen LogP contribution in [0.25, 0.3) is 5.76 Å². The van der Waals surface area contributed by atoms with E-state index in [2.05, 4.69) is 13.8 Å². The number of carbonyl (C=O) groups is 2. The Morgan fingerprint density at radius 3 is 2.46 bits per heavy atom. The lowest BCUT2D eigenvalue weighted by molar-refractivity contribution is -0.139. The highest BCUT2D eigenvalue weighted by molar-refractivity contribution is 6.46. The molecule has 1 aliphatic heterocycles. The maximum absolute atomic E-state index is 13.3. The third kappa shape index (κ3) is 6.43. The second-order valence-electron chi connectivity index (χ2n) is 9.99. The molecule has 0 bridgehead atoms. The molecular weight excluding hydrogens is 472 g/mol. The standard InChI is InChI=1S/C29H38N2O6/c1-7-36-24-16-20(9-12-23(24)32)26-25(28(34)29(35)31(26)14-8-13-30(5)6)27(33)22-11-10-21(15-19(22)4)37-17-18(2)3/h9-12,15-16,18,26,32-33H,7-8,13-14,17H2,1-6H3/b27-25+. The number of benzene rings is 2. The van der Waals surface area contributed by atoms with Gasteiger partial charge in [0.05, 0.1) is 24.8 Å². The monoisotopic (exact) mass is 510 g/mol. The Morgan fingerprint density at radius 2 is 1.84 bits per heavy atom. The van der Waals surface area contributed by atoms with Gasteiger partial charge in [-0.25, -0.2) is 0 Å². The first kappa shape index (κ1) is 28.1. The molecule has 0 saturated carbocycles. The van der Waals surface area contributed by atoms with Crippen LogP contribution in [0.4, 0.5) is 0 Å². The molecule has 1 unspecified atom stereocenters. The number of rotatable bonds is 11. The van der Waals surface area contributed by atoms with Gasteiger partial charge in [-0.2, -0.15) is 0 Å². The zero-order chi connectivity index (χ0) is 27.3. The van der Waals surface area contributed by atoms with Crippen LogP contribution in [0, 0.1) is 12.8 Å². The molecule has 1 saturated heterocycles. The molecule has 200 valence electrons. The Hall–Kier alpha value is -3.52. The van der Waals surface area contributed by atoms with Crippen molar-refractivity contribution < 1.29 is 29.3 Å². The number of aryl methyl sites for hydroxylation is 1. The van der Waals surface area contributed by atoms with Crippen molar-refractivity contribution in [1.82, 2.24) is 9.80 Å². The maximum atomic E-state index is 13.3. The first-order valence-corrected chi connectivity index (χ1v) is 12.7. The first-order chi connectivity index (χ1) is 17.5. The summed E-state index contributed by atoms with van der Waals surface area (Å²) in [6, 6.07) is 9.20. The highest BCUT2D eigenvalue weighted by Gasteiger charge is 2.46. The lowest BCUT2D eigenvalue weighted by atomic mass is 9.93. The molecule has 0 aliphatic carbocycles. The minimum absolute atomic E-state index is 0.0157. The van der Waals surface area contributed by atoms with Crippen LogP contribution in [0.15, 0.2) is 42.0 Å². The van der Waals surface area contributed by atoms with E-state index in [1.807, 2.05) is 32.0 Å². The third-order valence-electron chi connectivity index (χ3n) is 6.18. The SMILES string of the molecule is CCOc1cc(C2/C(=C(\O)c3ccc(OCC(C)C)cc3C)C(=O)C(=O)N2CCCN(C)C)ccc1O. The predicted octanol–water partition coefficient (Wildman–Crippen LogP) is 4.51. The smallest absolute Gasteiger partial charge is 0.295 e. The Morgan fingerprint density at radius 1 is 1.11 bits per heavy atom. The van der Waals surface area contributed by atoms with Gasteiger partial charge in [-0.15, -0.1) is 0 Å². The van der Waals surface area contributed by atoms with E-state index in [1.165, 1.54) is 11.0 Å². The number of phenols is 1. The molecular formula is C29H38N2O6. The molecule has 8 nitrogen and oxygen atoms in total. The predicted molar refractivity (Wildman–Crippen MR) is 143 cm³/mol. The molecule has 2 N–H and O–H groups in total. The van der Waals surface area contributed by atoms with E-state index < -0.39 is 17.7 Å². The van der Waals surface area contributed by atoms with Gasteiger partial charge in [0.25, 0.3) is 11.7 Å². The minimum Gasteiger partial charge on any atom is -0.507 e. The van der Waals surface area contributed by atoms with E-state index in [0.717, 1.165) is 12.1 Å². The fourth-order valence-electron chi connectivity index (χ4n) is 4.39. The molecule has 1 fully saturated rings. The Balaban J connectivity index is 2.10. The zero-order valence-electron chi connectivity index (χ0n) is 22.6. The summed E-state index contributed by atoms with van der Waals surface area (Å²) in [6.07, 6.45) is 0.647. The van der Waals surface area contributed by atoms with E-state index in [-0.39, 0.29) is 22.8 Å². The fourth-order valence-corrected chi connectivity index (χ4v) is 4.39. The summed E-state index contributed by atoms with van der Waals surface area (Å²) in [7, 11) is 3.88. The number of ether oxygens (including phenoxy) is 2. The van der Waals surface area contributed by atoms with Crippen molar-refractivity contribution in [3.8, 4) is 17.2 Å². The number of amides is 1. The number of carbonyl (C=O) groups excluding carboxylic acids is 2. The van der Waals surface area contributed by atoms with Crippen molar-refractivity contribution in [2.24, 2.45) is 5.92 Å². The van der Waals surface area contributed by atoms with Crippen molar-refractivity contribution in [3.05, 3.63) is 58.7 Å². The molecule has 8 heteroatoms. The number of aliphatic hydroxyl groups is 1. The summed E-state index contributed by atoms with van der Waals surface area (Å²) in [4.78, 5) is 30.0. The van der Waals surface area contributed by atoms with Crippen LogP contribution in [0.1, 0.15) is 49.9 Å². The second kappa shape index (κ2) is 12.1. The molecule has 0 spiro atoms. The lowest BCUT2D eigenvalue weighted by Gasteiger charge is -2.26. The summed E-state index contributed by atoms with van der Waals surface area (Å²) in [5.41, 5.74) is 1.76. The van der Waals surface area contributed by atoms with Crippen LogP contribution < -0.4 is 9.47 Å². The molecule has 1 atom stereocenters. The van der Waals surface area contributed by atoms with Crippen molar-refractivity contribution in [2.45, 2.75) is 40.2 Å². The summed E-state index contributed by atoms with van der Waals surface area (Å²) < 4.78 is 11.3. The normalized spacial score (nSPS) is 17.2. The Labute approximate surface area is 219 Å². The van der Waals surface area contributed by atoms with E-state index in [9.17, 15) is 19.8 Å². The van der Waals surface area contributed by atoms with Gasteiger partial charge in [0.15, 0.2) is 11.5 Å². The summed E-state index contributed by atoms with van der Waals surface area (Å²) in [5, 5.41) is 21.7. The van der Waals surface area contributed by atoms with Gasteiger partial charge in [0.2, 0.25) is 0 Å². The molecule has 2 aromatic carbocycles. The zero-order valence-corrected chi connectivity index (χ0v) is 22.6. The molecule has 37 heavy (non-hydrogen) atoms. The van der Waals surface area contributed by atoms with Gasteiger partial charge in [0.1, 0.15) is 11.5 Å². The van der Waals surface area contributed by atoms with Gasteiger partial charge in [-0.1, -0.05) is 19.9 Å². The molecule has 1 heterocycles. The topological polar surface area (TPSA) is 99.5 Å². The van der Waals surface area contributed by atoms with Crippen LogP contribution >= 0.6 is 0 Å². The minimum atomic E-state index is -0.821. The summed E-state index contributed by atoms with van der Waals surface area (Å²) in [6.45, 7) is 9.71. The van der Waals surface area contributed by atoms with Crippen LogP contribution in [-0.2, 0) is 9.59 Å². The van der Waals surface area contributed by atoms with Crippen LogP contribution in [0.3, 0.4) is 0 Å². The Bertz CT molecular complexity index is 1170. The average molecular weight is 511 g/mol. The number of phenolic OH excluding ortho intramolecular Hbond substituents is 1. The average Bonchev–Trinajstić information content (AvgIpc) is 3.09. The van der Waals surface area contributed by atoms with Crippen molar-refractivity contribution >= 4 is 17.4 Å². The van der Waals surface area contributed by atoms with Crippen molar-refractivity contribution in [3.63, 3.8) is 0 Å². The largest absolute Gasteiger partial charge is 0.507 e. The van der Waals surface area contributed by atoms with E-state index in [4.69, 9.17) is 9.47 Å². The number of nitrogens with zero attached hydrogens (tertiary/aromatic N) is 2. The van der Waals surface area contributed by atoms with Gasteiger partial charge in [0, 0.05) is 12.1 Å². The molecule has 1 aliphatic rings. The highest BCUT2D eigenvalue weighted by atomic mass is 16.5. The maximum Gasteiger partial charge on any atom is 0.295 e. The van der Waals surface area contributed by atoms with Gasteiger partial charge in [-0.3, -0.25) is 9.59 Å². The van der Waals surface area contributed by atoms with Crippen LogP contribution in [-0.4, -0.2) is 72.1 Å². The van der Waals surface area contributed by atoms with E-state index in [1.54, 1.807) is 31.2 Å². The highest BCUT2D eigenvalue weighted by Crippen LogP contribution is 2.42. The van der Waals surface area contributed by atoms with Crippen LogP contribution in [0.2, 0.25) is 0 Å². The molecule has 1 amide bonds. The number of ketones is 1. The molecule has 0 radical (unpaired) electrons. The lowest BCUT2D eigenvalue weighted by Crippen LogP contribution is -2.32. The van der Waals surface area contributed by atoms with Crippen LogP contribution in [0.5, 0.6) is 17.2 Å². The second-order valence-corrected chi connectivity index (χ2v) is 9.99. The molecule has 2 aromatic rings. The first-order valence-electron chi connectivity index (χ1n) is 12.7. The van der Waals surface area contributed by atoms with E-state index in [0.29, 0.717) is 49.0 Å². The van der Waals surface area contributed by atoms with Gasteiger partial charge in [-0.05, 0) is 88.3 Å². The summed E-state index contributed by atoms with van der Waals surface area (Å²) in [5.74, 6) is -0.391. The Kier molecular flexibility index (Phi) is 9.21. The quantitative estimate of drug-likeness (QED) is 0.261. The number of hydrogen-bond donors (Lipinski definition) is 2. The third-order valence-corrected chi connectivity index (χ3v) is 6.18. The number of hydrogen-bond acceptors (Lipinski definition) is 7. The number of Topliss-reactive ketones (excluding diaryl/α,β-unsaturated/α-hetero) is 1. The molecule has 0 aromatic heterocycles.